The average Bonchev–Trinajstić information content (AvgIpc) is 3.08. The summed E-state index contributed by atoms with van der Waals surface area (Å²) in [5.41, 5.74) is 6.80. The molecular weight excluding hydrogens is 380 g/mol. The average molecular weight is 399 g/mol. The zero-order valence-corrected chi connectivity index (χ0v) is 15.3. The van der Waals surface area contributed by atoms with Crippen molar-refractivity contribution < 1.29 is 28.8 Å². The van der Waals surface area contributed by atoms with E-state index < -0.39 is 25.1 Å². The van der Waals surface area contributed by atoms with E-state index >= 15 is 0 Å². The summed E-state index contributed by atoms with van der Waals surface area (Å²) in [5, 5.41) is 20.7. The third-order valence-electron chi connectivity index (χ3n) is 4.34. The van der Waals surface area contributed by atoms with Crippen molar-refractivity contribution in [1.29, 1.82) is 0 Å². The van der Waals surface area contributed by atoms with E-state index in [4.69, 9.17) is 20.5 Å². The Morgan fingerprint density at radius 1 is 1.31 bits per heavy atom. The van der Waals surface area contributed by atoms with Gasteiger partial charge in [0.15, 0.2) is 0 Å². The summed E-state index contributed by atoms with van der Waals surface area (Å²) in [6.07, 6.45) is 1.67. The number of benzene rings is 2. The normalized spacial score (nSPS) is 16.2. The SMILES string of the molecule is Nc1ccc(N2CC(CNC(=O)C=Cc3ccc(B(O)O)cc3)OC2=O)cc1F. The van der Waals surface area contributed by atoms with Crippen LogP contribution in [0.25, 0.3) is 6.08 Å². The Labute approximate surface area is 166 Å². The number of carbonyl (C=O) groups is 2. The molecule has 8 nitrogen and oxygen atoms in total. The number of nitrogens with two attached hydrogens (primary N) is 1. The van der Waals surface area contributed by atoms with Crippen LogP contribution in [0.15, 0.2) is 48.5 Å². The number of hydrogen-bond donors (Lipinski definition) is 4. The van der Waals surface area contributed by atoms with Gasteiger partial charge in [-0.1, -0.05) is 24.3 Å². The van der Waals surface area contributed by atoms with Gasteiger partial charge in [-0.15, -0.1) is 0 Å². The summed E-state index contributed by atoms with van der Waals surface area (Å²) in [4.78, 5) is 25.2. The highest BCUT2D eigenvalue weighted by atomic mass is 19.1. The second-order valence-corrected chi connectivity index (χ2v) is 6.44. The summed E-state index contributed by atoms with van der Waals surface area (Å²) >= 11 is 0. The third kappa shape index (κ3) is 5.12. The van der Waals surface area contributed by atoms with E-state index in [1.807, 2.05) is 0 Å². The van der Waals surface area contributed by atoms with Crippen LogP contribution in [0.2, 0.25) is 0 Å². The van der Waals surface area contributed by atoms with Crippen molar-refractivity contribution in [3.8, 4) is 0 Å². The molecule has 1 heterocycles. The van der Waals surface area contributed by atoms with E-state index in [1.54, 1.807) is 18.2 Å². The Kier molecular flexibility index (Phi) is 6.15. The topological polar surface area (TPSA) is 125 Å². The molecule has 2 aromatic rings. The first kappa shape index (κ1) is 20.4. The lowest BCUT2D eigenvalue weighted by molar-refractivity contribution is -0.116. The molecule has 0 saturated carbocycles. The number of carbonyl (C=O) groups excluding carboxylic acids is 2. The molecule has 0 bridgehead atoms. The van der Waals surface area contributed by atoms with E-state index in [-0.39, 0.29) is 24.7 Å². The number of nitrogens with one attached hydrogen (secondary N) is 1. The molecule has 0 radical (unpaired) electrons. The lowest BCUT2D eigenvalue weighted by Gasteiger charge is -2.13. The summed E-state index contributed by atoms with van der Waals surface area (Å²) < 4.78 is 18.8. The first-order chi connectivity index (χ1) is 13.8. The third-order valence-corrected chi connectivity index (χ3v) is 4.34. The molecular formula is C19H19BFN3O5. The maximum atomic E-state index is 13.6. The maximum absolute atomic E-state index is 13.6. The van der Waals surface area contributed by atoms with Crippen LogP contribution in [0.5, 0.6) is 0 Å². The van der Waals surface area contributed by atoms with Crippen molar-refractivity contribution in [3.05, 3.63) is 59.9 Å². The number of anilines is 2. The highest BCUT2D eigenvalue weighted by molar-refractivity contribution is 6.58. The lowest BCUT2D eigenvalue weighted by atomic mass is 9.80. The molecule has 10 heteroatoms. The first-order valence-electron chi connectivity index (χ1n) is 8.78. The van der Waals surface area contributed by atoms with Crippen LogP contribution in [0.1, 0.15) is 5.56 Å². The van der Waals surface area contributed by atoms with Crippen LogP contribution in [0.3, 0.4) is 0 Å². The van der Waals surface area contributed by atoms with Crippen molar-refractivity contribution in [1.82, 2.24) is 5.32 Å². The van der Waals surface area contributed by atoms with Crippen molar-refractivity contribution in [3.63, 3.8) is 0 Å². The number of ether oxygens (including phenoxy) is 1. The Morgan fingerprint density at radius 3 is 2.69 bits per heavy atom. The summed E-state index contributed by atoms with van der Waals surface area (Å²) in [6.45, 7) is 0.260. The second kappa shape index (κ2) is 8.76. The fourth-order valence-corrected chi connectivity index (χ4v) is 2.75. The lowest BCUT2D eigenvalue weighted by Crippen LogP contribution is -2.33. The van der Waals surface area contributed by atoms with Crippen molar-refractivity contribution in [2.45, 2.75) is 6.10 Å². The molecule has 1 aliphatic heterocycles. The molecule has 1 fully saturated rings. The van der Waals surface area contributed by atoms with Gasteiger partial charge >= 0.3 is 13.2 Å². The van der Waals surface area contributed by atoms with Gasteiger partial charge in [0.05, 0.1) is 24.5 Å². The smallest absolute Gasteiger partial charge is 0.442 e. The van der Waals surface area contributed by atoms with Gasteiger partial charge in [0.2, 0.25) is 5.91 Å². The zero-order valence-electron chi connectivity index (χ0n) is 15.3. The number of amides is 2. The van der Waals surface area contributed by atoms with Gasteiger partial charge in [-0.3, -0.25) is 9.69 Å². The molecule has 1 unspecified atom stereocenters. The van der Waals surface area contributed by atoms with Gasteiger partial charge < -0.3 is 25.8 Å². The number of cyclic esters (lactones) is 1. The molecule has 0 aliphatic carbocycles. The Hall–Kier alpha value is -3.37. The molecule has 0 spiro atoms. The van der Waals surface area contributed by atoms with Crippen molar-refractivity contribution in [2.24, 2.45) is 0 Å². The molecule has 0 aromatic heterocycles. The van der Waals surface area contributed by atoms with E-state index in [0.717, 1.165) is 6.07 Å². The summed E-state index contributed by atoms with van der Waals surface area (Å²) in [7, 11) is -1.55. The van der Waals surface area contributed by atoms with E-state index in [0.29, 0.717) is 16.7 Å². The molecule has 2 aromatic carbocycles. The predicted molar refractivity (Wildman–Crippen MR) is 107 cm³/mol. The minimum atomic E-state index is -1.55. The molecule has 29 heavy (non-hydrogen) atoms. The highest BCUT2D eigenvalue weighted by Gasteiger charge is 2.32. The van der Waals surface area contributed by atoms with E-state index in [2.05, 4.69) is 5.32 Å². The first-order valence-corrected chi connectivity index (χ1v) is 8.78. The number of nitrogen functional groups attached to an aromatic ring is 1. The molecule has 2 amide bonds. The summed E-state index contributed by atoms with van der Waals surface area (Å²) in [5.74, 6) is -1.01. The maximum Gasteiger partial charge on any atom is 0.488 e. The number of rotatable bonds is 6. The van der Waals surface area contributed by atoms with Gasteiger partial charge in [-0.25, -0.2) is 9.18 Å². The summed E-state index contributed by atoms with van der Waals surface area (Å²) in [6, 6.07) is 10.4. The minimum Gasteiger partial charge on any atom is -0.442 e. The number of hydrogen-bond acceptors (Lipinski definition) is 6. The molecule has 5 N–H and O–H groups in total. The Bertz CT molecular complexity index is 936. The largest absolute Gasteiger partial charge is 0.488 e. The fraction of sp³-hybridized carbons (Fsp3) is 0.158. The Balaban J connectivity index is 1.51. The quantitative estimate of drug-likeness (QED) is 0.313. The molecule has 1 atom stereocenters. The molecule has 1 aliphatic rings. The van der Waals surface area contributed by atoms with Crippen LogP contribution in [0, 0.1) is 5.82 Å². The van der Waals surface area contributed by atoms with Gasteiger partial charge in [0.1, 0.15) is 11.9 Å². The van der Waals surface area contributed by atoms with Gasteiger partial charge in [0, 0.05) is 6.08 Å². The van der Waals surface area contributed by atoms with Crippen LogP contribution >= 0.6 is 0 Å². The molecule has 1 saturated heterocycles. The van der Waals surface area contributed by atoms with E-state index in [9.17, 15) is 14.0 Å². The number of halogens is 1. The molecule has 150 valence electrons. The predicted octanol–water partition coefficient (Wildman–Crippen LogP) is 0.242. The Morgan fingerprint density at radius 2 is 2.03 bits per heavy atom. The number of nitrogens with zero attached hydrogens (tertiary/aromatic N) is 1. The second-order valence-electron chi connectivity index (χ2n) is 6.44. The van der Waals surface area contributed by atoms with E-state index in [1.165, 1.54) is 35.2 Å². The highest BCUT2D eigenvalue weighted by Crippen LogP contribution is 2.24. The zero-order chi connectivity index (χ0) is 21.0. The monoisotopic (exact) mass is 399 g/mol. The van der Waals surface area contributed by atoms with Gasteiger partial charge in [-0.05, 0) is 35.3 Å². The van der Waals surface area contributed by atoms with Crippen LogP contribution in [-0.4, -0.2) is 48.4 Å². The molecule has 3 rings (SSSR count). The standard InChI is InChI=1S/C19H19BFN3O5/c21-16-9-14(6-7-17(16)22)24-11-15(29-19(24)26)10-23-18(25)8-3-12-1-4-13(5-2-12)20(27)28/h1-9,15,27-28H,10-11,22H2,(H,23,25). The van der Waals surface area contributed by atoms with Gasteiger partial charge in [-0.2, -0.15) is 0 Å². The van der Waals surface area contributed by atoms with Crippen LogP contribution < -0.4 is 21.4 Å². The van der Waals surface area contributed by atoms with Crippen molar-refractivity contribution in [2.75, 3.05) is 23.7 Å². The van der Waals surface area contributed by atoms with Crippen molar-refractivity contribution >= 4 is 42.0 Å². The van der Waals surface area contributed by atoms with Crippen LogP contribution in [0.4, 0.5) is 20.6 Å². The van der Waals surface area contributed by atoms with Crippen LogP contribution in [-0.2, 0) is 9.53 Å². The fourth-order valence-electron chi connectivity index (χ4n) is 2.75. The minimum absolute atomic E-state index is 0.0147. The van der Waals surface area contributed by atoms with Gasteiger partial charge in [0.25, 0.3) is 0 Å².